The fourth-order valence-electron chi connectivity index (χ4n) is 1.22. The van der Waals surface area contributed by atoms with Gasteiger partial charge in [-0.15, -0.1) is 0 Å². The summed E-state index contributed by atoms with van der Waals surface area (Å²) in [5, 5.41) is 0. The molecule has 0 amide bonds. The second kappa shape index (κ2) is 13.0. The third-order valence-electron chi connectivity index (χ3n) is 2.27. The van der Waals surface area contributed by atoms with E-state index in [1.54, 1.807) is 0 Å². The Kier molecular flexibility index (Phi) is 15.3. The summed E-state index contributed by atoms with van der Waals surface area (Å²) in [6, 6.07) is 0. The van der Waals surface area contributed by atoms with E-state index >= 15 is 0 Å². The lowest BCUT2D eigenvalue weighted by atomic mass is 10.1. The van der Waals surface area contributed by atoms with Crippen molar-refractivity contribution >= 4 is 0 Å². The minimum Gasteiger partial charge on any atom is -0.0654 e. The molecule has 0 saturated carbocycles. The zero-order valence-corrected chi connectivity index (χ0v) is 11.4. The largest absolute Gasteiger partial charge is 0.0654 e. The van der Waals surface area contributed by atoms with Gasteiger partial charge in [0.15, 0.2) is 0 Å². The monoisotopic (exact) mass is 200 g/mol. The Morgan fingerprint density at radius 3 is 1.00 bits per heavy atom. The lowest BCUT2D eigenvalue weighted by Gasteiger charge is -1.98. The van der Waals surface area contributed by atoms with Crippen molar-refractivity contribution in [1.82, 2.24) is 0 Å². The highest BCUT2D eigenvalue weighted by atomic mass is 14.0. The van der Waals surface area contributed by atoms with Gasteiger partial charge in [0.05, 0.1) is 0 Å². The van der Waals surface area contributed by atoms with Crippen molar-refractivity contribution in [3.05, 3.63) is 0 Å². The predicted octanol–water partition coefficient (Wildman–Crippen LogP) is 5.67. The molecule has 0 bridgehead atoms. The molecular formula is C14H32. The van der Waals surface area contributed by atoms with Gasteiger partial charge >= 0.3 is 0 Å². The quantitative estimate of drug-likeness (QED) is 0.518. The Morgan fingerprint density at radius 2 is 0.929 bits per heavy atom. The van der Waals surface area contributed by atoms with Crippen LogP contribution in [-0.2, 0) is 0 Å². The number of unbranched alkanes of at least 4 members (excludes halogenated alkanes) is 2. The molecule has 0 heterocycles. The van der Waals surface area contributed by atoms with Crippen molar-refractivity contribution in [2.75, 3.05) is 0 Å². The highest BCUT2D eigenvalue weighted by Gasteiger charge is 1.89. The minimum atomic E-state index is 0.903. The SMILES string of the molecule is CCCCC(C)C.CCCCC(C)C. The molecule has 0 aromatic heterocycles. The van der Waals surface area contributed by atoms with Gasteiger partial charge in [-0.2, -0.15) is 0 Å². The maximum atomic E-state index is 2.27. The highest BCUT2D eigenvalue weighted by molar-refractivity contribution is 4.42. The van der Waals surface area contributed by atoms with Gasteiger partial charge in [-0.3, -0.25) is 0 Å². The van der Waals surface area contributed by atoms with E-state index in [4.69, 9.17) is 0 Å². The predicted molar refractivity (Wildman–Crippen MR) is 68.7 cm³/mol. The molecule has 0 unspecified atom stereocenters. The average Bonchev–Trinajstić information content (AvgIpc) is 2.12. The van der Waals surface area contributed by atoms with Crippen LogP contribution in [0.4, 0.5) is 0 Å². The van der Waals surface area contributed by atoms with Gasteiger partial charge in [0.1, 0.15) is 0 Å². The third kappa shape index (κ3) is 22.7. The molecule has 0 aliphatic carbocycles. The van der Waals surface area contributed by atoms with Gasteiger partial charge < -0.3 is 0 Å². The second-order valence-corrected chi connectivity index (χ2v) is 5.07. The van der Waals surface area contributed by atoms with Crippen molar-refractivity contribution in [1.29, 1.82) is 0 Å². The van der Waals surface area contributed by atoms with E-state index in [0.29, 0.717) is 0 Å². The molecular weight excluding hydrogens is 168 g/mol. The van der Waals surface area contributed by atoms with Crippen molar-refractivity contribution in [3.8, 4) is 0 Å². The first kappa shape index (κ1) is 16.4. The first-order chi connectivity index (χ1) is 6.54. The molecule has 0 radical (unpaired) electrons. The van der Waals surface area contributed by atoms with Crippen LogP contribution in [0.5, 0.6) is 0 Å². The Bertz CT molecular complexity index is 70.0. The summed E-state index contributed by atoms with van der Waals surface area (Å²) in [5.74, 6) is 1.81. The summed E-state index contributed by atoms with van der Waals surface area (Å²) in [7, 11) is 0. The summed E-state index contributed by atoms with van der Waals surface area (Å²) in [5.41, 5.74) is 0. The van der Waals surface area contributed by atoms with E-state index in [1.807, 2.05) is 0 Å². The Morgan fingerprint density at radius 1 is 0.643 bits per heavy atom. The van der Waals surface area contributed by atoms with Gasteiger partial charge in [-0.25, -0.2) is 0 Å². The number of rotatable bonds is 6. The second-order valence-electron chi connectivity index (χ2n) is 5.07. The van der Waals surface area contributed by atoms with Crippen molar-refractivity contribution in [3.63, 3.8) is 0 Å². The van der Waals surface area contributed by atoms with Crippen LogP contribution in [0.3, 0.4) is 0 Å². The summed E-state index contributed by atoms with van der Waals surface area (Å²) in [6.45, 7) is 13.6. The fourth-order valence-corrected chi connectivity index (χ4v) is 1.22. The summed E-state index contributed by atoms with van der Waals surface area (Å²) in [4.78, 5) is 0. The van der Waals surface area contributed by atoms with E-state index in [2.05, 4.69) is 41.5 Å². The third-order valence-corrected chi connectivity index (χ3v) is 2.27. The van der Waals surface area contributed by atoms with Crippen LogP contribution in [0.2, 0.25) is 0 Å². The summed E-state index contributed by atoms with van der Waals surface area (Å²) >= 11 is 0. The topological polar surface area (TPSA) is 0 Å². The average molecular weight is 200 g/mol. The molecule has 0 aromatic rings. The fraction of sp³-hybridized carbons (Fsp3) is 1.00. The van der Waals surface area contributed by atoms with Crippen LogP contribution in [0, 0.1) is 11.8 Å². The van der Waals surface area contributed by atoms with Crippen LogP contribution < -0.4 is 0 Å². The molecule has 0 saturated heterocycles. The Hall–Kier alpha value is 0. The first-order valence-corrected chi connectivity index (χ1v) is 6.54. The van der Waals surface area contributed by atoms with Crippen molar-refractivity contribution in [2.45, 2.75) is 80.1 Å². The minimum absolute atomic E-state index is 0.903. The van der Waals surface area contributed by atoms with E-state index in [-0.39, 0.29) is 0 Å². The maximum absolute atomic E-state index is 2.27. The van der Waals surface area contributed by atoms with Gasteiger partial charge in [-0.05, 0) is 11.8 Å². The normalized spacial score (nSPS) is 10.3. The Labute approximate surface area is 92.5 Å². The summed E-state index contributed by atoms with van der Waals surface area (Å²) < 4.78 is 0. The van der Waals surface area contributed by atoms with Crippen molar-refractivity contribution in [2.24, 2.45) is 11.8 Å². The smallest absolute Gasteiger partial charge is 0.0471 e. The van der Waals surface area contributed by atoms with Crippen LogP contribution in [-0.4, -0.2) is 0 Å². The maximum Gasteiger partial charge on any atom is -0.0471 e. The van der Waals surface area contributed by atoms with Gasteiger partial charge in [0.2, 0.25) is 0 Å². The molecule has 0 atom stereocenters. The molecule has 0 spiro atoms. The lowest BCUT2D eigenvalue weighted by molar-refractivity contribution is 0.550. The summed E-state index contributed by atoms with van der Waals surface area (Å²) in [6.07, 6.45) is 8.29. The van der Waals surface area contributed by atoms with E-state index in [1.165, 1.54) is 38.5 Å². The molecule has 0 nitrogen and oxygen atoms in total. The van der Waals surface area contributed by atoms with Crippen molar-refractivity contribution < 1.29 is 0 Å². The molecule has 88 valence electrons. The number of hydrogen-bond acceptors (Lipinski definition) is 0. The molecule has 14 heavy (non-hydrogen) atoms. The lowest BCUT2D eigenvalue weighted by Crippen LogP contribution is -1.83. The molecule has 0 aliphatic heterocycles. The van der Waals surface area contributed by atoms with E-state index < -0.39 is 0 Å². The van der Waals surface area contributed by atoms with Gasteiger partial charge in [0.25, 0.3) is 0 Å². The molecule has 0 N–H and O–H groups in total. The number of hydrogen-bond donors (Lipinski definition) is 0. The van der Waals surface area contributed by atoms with Gasteiger partial charge in [0, 0.05) is 0 Å². The van der Waals surface area contributed by atoms with Gasteiger partial charge in [-0.1, -0.05) is 80.1 Å². The van der Waals surface area contributed by atoms with Crippen LogP contribution >= 0.6 is 0 Å². The van der Waals surface area contributed by atoms with Crippen LogP contribution in [0.25, 0.3) is 0 Å². The van der Waals surface area contributed by atoms with Crippen LogP contribution in [0.15, 0.2) is 0 Å². The molecule has 0 heteroatoms. The Balaban J connectivity index is 0. The highest BCUT2D eigenvalue weighted by Crippen LogP contribution is 2.04. The first-order valence-electron chi connectivity index (χ1n) is 6.54. The van der Waals surface area contributed by atoms with E-state index in [9.17, 15) is 0 Å². The zero-order valence-electron chi connectivity index (χ0n) is 11.4. The molecule has 0 aromatic carbocycles. The van der Waals surface area contributed by atoms with E-state index in [0.717, 1.165) is 11.8 Å². The van der Waals surface area contributed by atoms with Crippen LogP contribution in [0.1, 0.15) is 80.1 Å². The molecule has 0 aliphatic rings. The standard InChI is InChI=1S/2C7H16/c2*1-4-5-6-7(2)3/h2*7H,4-6H2,1-3H3. The molecule has 0 fully saturated rings. The zero-order chi connectivity index (χ0) is 11.4. The molecule has 0 rings (SSSR count).